The van der Waals surface area contributed by atoms with Crippen molar-refractivity contribution in [2.45, 2.75) is 49.7 Å². The zero-order valence-electron chi connectivity index (χ0n) is 13.6. The van der Waals surface area contributed by atoms with E-state index in [9.17, 15) is 13.6 Å². The van der Waals surface area contributed by atoms with Crippen LogP contribution in [-0.4, -0.2) is 52.2 Å². The maximum Gasteiger partial charge on any atom is 0.269 e. The molecule has 1 saturated heterocycles. The summed E-state index contributed by atoms with van der Waals surface area (Å²) in [6.07, 6.45) is 4.63. The van der Waals surface area contributed by atoms with E-state index in [0.717, 1.165) is 25.2 Å². The number of nitrogens with one attached hydrogen (secondary N) is 1. The van der Waals surface area contributed by atoms with E-state index in [-0.39, 0.29) is 18.6 Å². The van der Waals surface area contributed by atoms with E-state index in [2.05, 4.69) is 25.3 Å². The highest BCUT2D eigenvalue weighted by Gasteiger charge is 2.48. The van der Waals surface area contributed by atoms with Gasteiger partial charge in [-0.05, 0) is 18.9 Å². The fourth-order valence-corrected chi connectivity index (χ4v) is 3.66. The predicted molar refractivity (Wildman–Crippen MR) is 85.5 cm³/mol. The lowest BCUT2D eigenvalue weighted by atomic mass is 9.86. The maximum atomic E-state index is 12.9. The number of halogens is 2. The predicted octanol–water partition coefficient (Wildman–Crippen LogP) is 1.51. The molecule has 25 heavy (non-hydrogen) atoms. The highest BCUT2D eigenvalue weighted by atomic mass is 19.3. The Morgan fingerprint density at radius 3 is 2.96 bits per heavy atom. The van der Waals surface area contributed by atoms with Crippen LogP contribution in [0.5, 0.6) is 0 Å². The quantitative estimate of drug-likeness (QED) is 0.893. The van der Waals surface area contributed by atoms with Gasteiger partial charge >= 0.3 is 0 Å². The number of carbonyl (C=O) groups is 1. The van der Waals surface area contributed by atoms with Crippen LogP contribution in [0.1, 0.15) is 32.1 Å². The number of carbonyl (C=O) groups excluding carboxylic acids is 1. The molecule has 1 aromatic heterocycles. The molecular formula is C16H19F2N5O2. The van der Waals surface area contributed by atoms with Gasteiger partial charge in [-0.15, -0.1) is 0 Å². The lowest BCUT2D eigenvalue weighted by Crippen LogP contribution is -2.53. The number of anilines is 1. The number of piperidine rings is 1. The number of aromatic nitrogens is 2. The molecule has 134 valence electrons. The third-order valence-corrected chi connectivity index (χ3v) is 4.96. The molecule has 1 atom stereocenters. The van der Waals surface area contributed by atoms with Crippen molar-refractivity contribution < 1.29 is 18.4 Å². The second-order valence-electron chi connectivity index (χ2n) is 7.02. The Balaban J connectivity index is 1.36. The minimum atomic E-state index is -2.66. The van der Waals surface area contributed by atoms with Gasteiger partial charge in [0.25, 0.3) is 11.8 Å². The normalized spacial score (nSPS) is 28.2. The van der Waals surface area contributed by atoms with Crippen molar-refractivity contribution in [3.8, 4) is 0 Å². The minimum absolute atomic E-state index is 0.278. The third-order valence-electron chi connectivity index (χ3n) is 4.96. The van der Waals surface area contributed by atoms with E-state index in [0.29, 0.717) is 13.0 Å². The van der Waals surface area contributed by atoms with Gasteiger partial charge in [-0.25, -0.2) is 18.7 Å². The lowest BCUT2D eigenvalue weighted by Gasteiger charge is -2.38. The second-order valence-corrected chi connectivity index (χ2v) is 7.02. The van der Waals surface area contributed by atoms with Crippen molar-refractivity contribution in [2.24, 2.45) is 5.16 Å². The van der Waals surface area contributed by atoms with Crippen LogP contribution in [0.2, 0.25) is 0 Å². The van der Waals surface area contributed by atoms with Gasteiger partial charge in [-0.2, -0.15) is 0 Å². The summed E-state index contributed by atoms with van der Waals surface area (Å²) >= 11 is 0. The molecule has 1 saturated carbocycles. The number of hydrogen-bond acceptors (Lipinski definition) is 6. The van der Waals surface area contributed by atoms with Crippen LogP contribution < -0.4 is 10.2 Å². The van der Waals surface area contributed by atoms with Gasteiger partial charge in [0.1, 0.15) is 17.9 Å². The molecule has 1 amide bonds. The smallest absolute Gasteiger partial charge is 0.269 e. The Labute approximate surface area is 143 Å². The Morgan fingerprint density at radius 2 is 2.24 bits per heavy atom. The van der Waals surface area contributed by atoms with Gasteiger partial charge in [-0.3, -0.25) is 4.79 Å². The average molecular weight is 351 g/mol. The first-order valence-electron chi connectivity index (χ1n) is 8.40. The monoisotopic (exact) mass is 351 g/mol. The molecule has 2 aliphatic heterocycles. The first-order valence-corrected chi connectivity index (χ1v) is 8.40. The summed E-state index contributed by atoms with van der Waals surface area (Å²) in [6, 6.07) is 1.35. The van der Waals surface area contributed by atoms with Gasteiger partial charge < -0.3 is 15.1 Å². The molecule has 2 fully saturated rings. The van der Waals surface area contributed by atoms with Crippen LogP contribution in [0.4, 0.5) is 14.6 Å². The first kappa shape index (κ1) is 16.2. The Morgan fingerprint density at radius 1 is 1.40 bits per heavy atom. The summed E-state index contributed by atoms with van der Waals surface area (Å²) in [7, 11) is 0. The van der Waals surface area contributed by atoms with Crippen molar-refractivity contribution in [1.82, 2.24) is 15.3 Å². The molecule has 1 N–H and O–H groups in total. The topological polar surface area (TPSA) is 79.7 Å². The van der Waals surface area contributed by atoms with E-state index in [1.165, 1.54) is 6.33 Å². The third kappa shape index (κ3) is 3.27. The van der Waals surface area contributed by atoms with Crippen LogP contribution in [0, 0.1) is 0 Å². The Bertz CT molecular complexity index is 691. The SMILES string of the molecule is O=C(NC1CC(F)(F)C1)C1=NO[C@@]2(CCCN(c3ccncn3)C2)C1. The van der Waals surface area contributed by atoms with Crippen LogP contribution in [0.3, 0.4) is 0 Å². The van der Waals surface area contributed by atoms with Crippen LogP contribution in [0.15, 0.2) is 23.7 Å². The van der Waals surface area contributed by atoms with Crippen molar-refractivity contribution in [1.29, 1.82) is 0 Å². The molecule has 0 radical (unpaired) electrons. The number of nitrogens with zero attached hydrogens (tertiary/aromatic N) is 4. The molecule has 1 aromatic rings. The number of rotatable bonds is 3. The van der Waals surface area contributed by atoms with Gasteiger partial charge in [0.2, 0.25) is 0 Å². The number of hydrogen-bond donors (Lipinski definition) is 1. The van der Waals surface area contributed by atoms with Crippen molar-refractivity contribution in [3.63, 3.8) is 0 Å². The highest BCUT2D eigenvalue weighted by Crippen LogP contribution is 2.38. The number of alkyl halides is 2. The zero-order valence-corrected chi connectivity index (χ0v) is 13.6. The maximum absolute atomic E-state index is 12.9. The molecule has 0 bridgehead atoms. The second kappa shape index (κ2) is 5.89. The van der Waals surface area contributed by atoms with Gasteiger partial charge in [0, 0.05) is 38.0 Å². The highest BCUT2D eigenvalue weighted by molar-refractivity contribution is 6.39. The standard InChI is InChI=1S/C16H19F2N5O2/c17-16(18)6-11(7-16)21-14(24)12-8-15(25-22-12)3-1-5-23(9-15)13-2-4-19-10-20-13/h2,4,10-11H,1,3,5-9H2,(H,21,24)/t15-/m0/s1. The van der Waals surface area contributed by atoms with E-state index < -0.39 is 23.5 Å². The Hall–Kier alpha value is -2.32. The van der Waals surface area contributed by atoms with Gasteiger partial charge in [-0.1, -0.05) is 5.16 Å². The van der Waals surface area contributed by atoms with Crippen LogP contribution in [0.25, 0.3) is 0 Å². The van der Waals surface area contributed by atoms with E-state index in [4.69, 9.17) is 4.84 Å². The molecule has 4 rings (SSSR count). The van der Waals surface area contributed by atoms with Crippen LogP contribution in [-0.2, 0) is 9.63 Å². The van der Waals surface area contributed by atoms with E-state index >= 15 is 0 Å². The molecule has 0 aromatic carbocycles. The minimum Gasteiger partial charge on any atom is -0.386 e. The first-order chi connectivity index (χ1) is 11.9. The summed E-state index contributed by atoms with van der Waals surface area (Å²) in [6.45, 7) is 1.42. The average Bonchev–Trinajstić information content (AvgIpc) is 2.97. The molecule has 9 heteroatoms. The fraction of sp³-hybridized carbons (Fsp3) is 0.625. The molecule has 3 heterocycles. The number of amides is 1. The molecule has 1 spiro atoms. The molecule has 1 aliphatic carbocycles. The largest absolute Gasteiger partial charge is 0.386 e. The van der Waals surface area contributed by atoms with E-state index in [1.54, 1.807) is 6.20 Å². The lowest BCUT2D eigenvalue weighted by molar-refractivity contribution is -0.123. The van der Waals surface area contributed by atoms with Crippen molar-refractivity contribution >= 4 is 17.4 Å². The van der Waals surface area contributed by atoms with Gasteiger partial charge in [0.15, 0.2) is 5.60 Å². The van der Waals surface area contributed by atoms with Crippen molar-refractivity contribution in [2.75, 3.05) is 18.0 Å². The van der Waals surface area contributed by atoms with Gasteiger partial charge in [0.05, 0.1) is 6.54 Å². The number of oxime groups is 1. The molecule has 3 aliphatic rings. The molecule has 7 nitrogen and oxygen atoms in total. The summed E-state index contributed by atoms with van der Waals surface area (Å²) < 4.78 is 25.8. The summed E-state index contributed by atoms with van der Waals surface area (Å²) in [5.74, 6) is -2.25. The van der Waals surface area contributed by atoms with Crippen molar-refractivity contribution in [3.05, 3.63) is 18.6 Å². The molecular weight excluding hydrogens is 332 g/mol. The summed E-state index contributed by atoms with van der Waals surface area (Å²) in [5, 5.41) is 6.56. The Kier molecular flexibility index (Phi) is 3.81. The van der Waals surface area contributed by atoms with E-state index in [1.807, 2.05) is 6.07 Å². The fourth-order valence-electron chi connectivity index (χ4n) is 3.66. The summed E-state index contributed by atoms with van der Waals surface area (Å²) in [4.78, 5) is 28.1. The van der Waals surface area contributed by atoms with Crippen LogP contribution >= 0.6 is 0 Å². The zero-order chi connectivity index (χ0) is 17.5. The molecule has 0 unspecified atom stereocenters. The summed E-state index contributed by atoms with van der Waals surface area (Å²) in [5.41, 5.74) is -0.279.